The first-order valence-electron chi connectivity index (χ1n) is 9.48. The molecule has 1 heterocycles. The van der Waals surface area contributed by atoms with Crippen molar-refractivity contribution in [2.45, 2.75) is 57.8 Å². The van der Waals surface area contributed by atoms with Crippen molar-refractivity contribution in [3.8, 4) is 0 Å². The molecule has 2 aliphatic rings. The molecule has 3 nitrogen and oxygen atoms in total. The molecule has 0 radical (unpaired) electrons. The fraction of sp³-hybridized carbons (Fsp3) is 0.600. The summed E-state index contributed by atoms with van der Waals surface area (Å²) in [5.41, 5.74) is 2.62. The monoisotopic (exact) mass is 341 g/mol. The van der Waals surface area contributed by atoms with Gasteiger partial charge in [-0.3, -0.25) is 0 Å². The van der Waals surface area contributed by atoms with Gasteiger partial charge in [0.25, 0.3) is 0 Å². The fourth-order valence-electron chi connectivity index (χ4n) is 4.48. The topological polar surface area (TPSA) is 29.6 Å². The van der Waals surface area contributed by atoms with E-state index in [-0.39, 0.29) is 0 Å². The molecule has 4 rings (SSSR count). The first kappa shape index (κ1) is 16.1. The molecule has 4 heteroatoms. The van der Waals surface area contributed by atoms with Crippen LogP contribution in [0.1, 0.15) is 57.8 Å². The second kappa shape index (κ2) is 7.22. The van der Waals surface area contributed by atoms with Crippen molar-refractivity contribution in [2.75, 3.05) is 0 Å². The Balaban J connectivity index is 1.65. The first-order valence-corrected chi connectivity index (χ1v) is 10.3. The lowest BCUT2D eigenvalue weighted by atomic mass is 9.72. The molecule has 1 aromatic carbocycles. The van der Waals surface area contributed by atoms with E-state index >= 15 is 0 Å². The van der Waals surface area contributed by atoms with E-state index in [1.54, 1.807) is 11.3 Å². The molecule has 2 saturated carbocycles. The van der Waals surface area contributed by atoms with Crippen LogP contribution in [-0.4, -0.2) is 10.3 Å². The van der Waals surface area contributed by atoms with Gasteiger partial charge >= 0.3 is 0 Å². The summed E-state index contributed by atoms with van der Waals surface area (Å²) < 4.78 is 3.45. The summed E-state index contributed by atoms with van der Waals surface area (Å²) in [4.78, 5) is 1.01. The maximum atomic E-state index is 4.80. The van der Waals surface area contributed by atoms with Crippen LogP contribution in [0.25, 0.3) is 10.2 Å². The number of aromatic nitrogens is 1. The highest BCUT2D eigenvalue weighted by Gasteiger charge is 2.29. The number of rotatable bonds is 2. The van der Waals surface area contributed by atoms with Gasteiger partial charge in [0.2, 0.25) is 4.80 Å². The minimum Gasteiger partial charge on any atom is -0.318 e. The van der Waals surface area contributed by atoms with Gasteiger partial charge in [0.15, 0.2) is 0 Å². The minimum absolute atomic E-state index is 0.697. The number of thiazole rings is 1. The van der Waals surface area contributed by atoms with Crippen LogP contribution in [0.5, 0.6) is 0 Å². The zero-order valence-electron chi connectivity index (χ0n) is 14.6. The van der Waals surface area contributed by atoms with E-state index < -0.39 is 0 Å². The molecule has 1 atom stereocenters. The van der Waals surface area contributed by atoms with Crippen molar-refractivity contribution in [3.05, 3.63) is 29.1 Å². The smallest absolute Gasteiger partial charge is 0.211 e. The number of hydrogen-bond donors (Lipinski definition) is 0. The number of benzene rings is 1. The van der Waals surface area contributed by atoms with E-state index in [0.29, 0.717) is 5.92 Å². The molecule has 0 unspecified atom stereocenters. The largest absolute Gasteiger partial charge is 0.318 e. The Hall–Kier alpha value is -1.42. The number of hydrogen-bond acceptors (Lipinski definition) is 3. The average molecular weight is 342 g/mol. The van der Waals surface area contributed by atoms with E-state index in [2.05, 4.69) is 41.0 Å². The maximum absolute atomic E-state index is 4.80. The van der Waals surface area contributed by atoms with Gasteiger partial charge in [-0.15, -0.1) is 5.10 Å². The van der Waals surface area contributed by atoms with E-state index in [0.717, 1.165) is 17.1 Å². The Kier molecular flexibility index (Phi) is 4.83. The third kappa shape index (κ3) is 3.21. The Labute approximate surface area is 148 Å². The molecular formula is C20H27N3S. The van der Waals surface area contributed by atoms with Crippen LogP contribution >= 0.6 is 11.3 Å². The molecule has 2 aromatic rings. The summed E-state index contributed by atoms with van der Waals surface area (Å²) in [6, 6.07) is 8.50. The van der Waals surface area contributed by atoms with Crippen molar-refractivity contribution in [1.82, 2.24) is 4.57 Å². The van der Waals surface area contributed by atoms with E-state index in [9.17, 15) is 0 Å². The summed E-state index contributed by atoms with van der Waals surface area (Å²) in [5.74, 6) is 1.56. The van der Waals surface area contributed by atoms with Crippen molar-refractivity contribution in [2.24, 2.45) is 29.1 Å². The molecular weight excluding hydrogens is 314 g/mol. The SMILES string of the molecule is Cn1/c(=N\N=C2\CCCC[C@H]2C2CCCCC2)sc2ccccc21. The predicted molar refractivity (Wildman–Crippen MR) is 102 cm³/mol. The average Bonchev–Trinajstić information content (AvgIpc) is 2.97. The zero-order chi connectivity index (χ0) is 16.4. The standard InChI is InChI=1S/C20H27N3S/c1-23-18-13-7-8-14-19(18)24-20(23)22-21-17-12-6-5-11-16(17)15-9-3-2-4-10-15/h7-8,13-16H,2-6,9-12H2,1H3/b21-17-,22-20+/t16-/m0/s1. The first-order chi connectivity index (χ1) is 11.8. The Morgan fingerprint density at radius 3 is 2.58 bits per heavy atom. The Morgan fingerprint density at radius 1 is 0.958 bits per heavy atom. The molecule has 0 spiro atoms. The molecule has 2 aliphatic carbocycles. The highest BCUT2D eigenvalue weighted by molar-refractivity contribution is 7.16. The third-order valence-electron chi connectivity index (χ3n) is 5.82. The van der Waals surface area contributed by atoms with Gasteiger partial charge in [-0.25, -0.2) is 0 Å². The van der Waals surface area contributed by atoms with Crippen LogP contribution in [0.15, 0.2) is 34.5 Å². The van der Waals surface area contributed by atoms with Crippen molar-refractivity contribution in [3.63, 3.8) is 0 Å². The summed E-state index contributed by atoms with van der Waals surface area (Å²) in [5, 5.41) is 9.48. The van der Waals surface area contributed by atoms with E-state index in [1.807, 2.05) is 0 Å². The lowest BCUT2D eigenvalue weighted by molar-refractivity contribution is 0.274. The van der Waals surface area contributed by atoms with Crippen LogP contribution in [-0.2, 0) is 7.05 Å². The normalized spacial score (nSPS) is 25.6. The maximum Gasteiger partial charge on any atom is 0.211 e. The van der Waals surface area contributed by atoms with Crippen molar-refractivity contribution < 1.29 is 0 Å². The van der Waals surface area contributed by atoms with Crippen LogP contribution < -0.4 is 4.80 Å². The molecule has 0 saturated heterocycles. The summed E-state index contributed by atoms with van der Waals surface area (Å²) in [6.45, 7) is 0. The van der Waals surface area contributed by atoms with Crippen LogP contribution in [0, 0.1) is 11.8 Å². The molecule has 0 aliphatic heterocycles. The molecule has 2 fully saturated rings. The van der Waals surface area contributed by atoms with Crippen molar-refractivity contribution in [1.29, 1.82) is 0 Å². The predicted octanol–water partition coefficient (Wildman–Crippen LogP) is 5.27. The van der Waals surface area contributed by atoms with Gasteiger partial charge in [0, 0.05) is 18.7 Å². The number of aryl methyl sites for hydroxylation is 1. The molecule has 128 valence electrons. The minimum atomic E-state index is 0.697. The number of para-hydroxylation sites is 1. The fourth-order valence-corrected chi connectivity index (χ4v) is 5.45. The molecule has 0 N–H and O–H groups in total. The van der Waals surface area contributed by atoms with E-state index in [1.165, 1.54) is 67.3 Å². The molecule has 0 amide bonds. The van der Waals surface area contributed by atoms with Crippen LogP contribution in [0.4, 0.5) is 0 Å². The molecule has 0 bridgehead atoms. The zero-order valence-corrected chi connectivity index (χ0v) is 15.4. The van der Waals surface area contributed by atoms with Gasteiger partial charge in [-0.1, -0.05) is 49.2 Å². The van der Waals surface area contributed by atoms with Crippen molar-refractivity contribution >= 4 is 27.3 Å². The second-order valence-electron chi connectivity index (χ2n) is 7.35. The van der Waals surface area contributed by atoms with Gasteiger partial charge in [-0.2, -0.15) is 5.10 Å². The molecule has 24 heavy (non-hydrogen) atoms. The lowest BCUT2D eigenvalue weighted by Crippen LogP contribution is -2.28. The van der Waals surface area contributed by atoms with Gasteiger partial charge in [0.1, 0.15) is 0 Å². The highest BCUT2D eigenvalue weighted by Crippen LogP contribution is 2.37. The number of fused-ring (bicyclic) bond motifs is 1. The quantitative estimate of drug-likeness (QED) is 0.666. The van der Waals surface area contributed by atoms with Gasteiger partial charge in [0.05, 0.1) is 10.2 Å². The van der Waals surface area contributed by atoms with Gasteiger partial charge in [-0.05, 0) is 50.2 Å². The summed E-state index contributed by atoms with van der Waals surface area (Å²) in [6.07, 6.45) is 12.2. The molecule has 1 aromatic heterocycles. The summed E-state index contributed by atoms with van der Waals surface area (Å²) in [7, 11) is 2.09. The Bertz CT molecular complexity index is 793. The second-order valence-corrected chi connectivity index (χ2v) is 8.36. The van der Waals surface area contributed by atoms with Crippen LogP contribution in [0.3, 0.4) is 0 Å². The van der Waals surface area contributed by atoms with E-state index in [4.69, 9.17) is 5.10 Å². The van der Waals surface area contributed by atoms with Gasteiger partial charge < -0.3 is 4.57 Å². The summed E-state index contributed by atoms with van der Waals surface area (Å²) >= 11 is 1.74. The lowest BCUT2D eigenvalue weighted by Gasteiger charge is -2.33. The third-order valence-corrected chi connectivity index (χ3v) is 6.93. The number of nitrogens with zero attached hydrogens (tertiary/aromatic N) is 3. The Morgan fingerprint density at radius 2 is 1.75 bits per heavy atom. The highest BCUT2D eigenvalue weighted by atomic mass is 32.1. The van der Waals surface area contributed by atoms with Crippen LogP contribution in [0.2, 0.25) is 0 Å².